The summed E-state index contributed by atoms with van der Waals surface area (Å²) < 4.78 is 15.1. The first kappa shape index (κ1) is 15.2. The molecule has 0 amide bonds. The monoisotopic (exact) mass is 330 g/mol. The first-order valence-electron chi connectivity index (χ1n) is 7.92. The molecular weight excluding hydrogens is 315 g/mol. The molecule has 0 bridgehead atoms. The highest BCUT2D eigenvalue weighted by Crippen LogP contribution is 2.32. The molecule has 0 fully saturated rings. The van der Waals surface area contributed by atoms with E-state index in [0.717, 1.165) is 16.9 Å². The summed E-state index contributed by atoms with van der Waals surface area (Å²) in [6.07, 6.45) is 1.89. The molecule has 4 rings (SSSR count). The second kappa shape index (κ2) is 6.28. The van der Waals surface area contributed by atoms with Gasteiger partial charge in [-0.05, 0) is 55.5 Å². The van der Waals surface area contributed by atoms with Gasteiger partial charge in [-0.1, -0.05) is 23.8 Å². The highest BCUT2D eigenvalue weighted by molar-refractivity contribution is 5.74. The first-order valence-corrected chi connectivity index (χ1v) is 7.92. The third-order valence-corrected chi connectivity index (χ3v) is 3.92. The van der Waals surface area contributed by atoms with Crippen molar-refractivity contribution >= 4 is 17.2 Å². The van der Waals surface area contributed by atoms with Crippen LogP contribution in [0.25, 0.3) is 16.9 Å². The lowest BCUT2D eigenvalue weighted by Gasteiger charge is -2.00. The summed E-state index contributed by atoms with van der Waals surface area (Å²) in [7, 11) is 0. The van der Waals surface area contributed by atoms with Crippen LogP contribution in [0.5, 0.6) is 0 Å². The van der Waals surface area contributed by atoms with Crippen molar-refractivity contribution in [2.45, 2.75) is 6.92 Å². The molecular formula is C20H15FN4. The summed E-state index contributed by atoms with van der Waals surface area (Å²) in [6.45, 7) is 2.03. The molecule has 0 radical (unpaired) electrons. The van der Waals surface area contributed by atoms with E-state index in [1.165, 1.54) is 17.7 Å². The Morgan fingerprint density at radius 3 is 2.40 bits per heavy atom. The molecule has 0 unspecified atom stereocenters. The number of hydrogen-bond donors (Lipinski definition) is 0. The number of azo groups is 1. The van der Waals surface area contributed by atoms with Crippen LogP contribution in [-0.4, -0.2) is 9.38 Å². The molecule has 0 saturated carbocycles. The largest absolute Gasteiger partial charge is 0.283 e. The van der Waals surface area contributed by atoms with Gasteiger partial charge in [0.1, 0.15) is 17.2 Å². The van der Waals surface area contributed by atoms with Crippen LogP contribution in [0.4, 0.5) is 15.9 Å². The zero-order valence-electron chi connectivity index (χ0n) is 13.6. The Morgan fingerprint density at radius 1 is 0.880 bits per heavy atom. The number of aromatic nitrogens is 2. The van der Waals surface area contributed by atoms with Crippen LogP contribution in [0.1, 0.15) is 5.56 Å². The van der Waals surface area contributed by atoms with E-state index in [2.05, 4.69) is 15.2 Å². The average Bonchev–Trinajstić information content (AvgIpc) is 3.00. The van der Waals surface area contributed by atoms with Crippen molar-refractivity contribution in [2.75, 3.05) is 0 Å². The maximum Gasteiger partial charge on any atom is 0.187 e. The Hall–Kier alpha value is -3.34. The SMILES string of the molecule is Cc1ccc(N=Nc2c(-c3ccc(F)cc3)nc3ccccn23)cc1. The molecule has 0 atom stereocenters. The third kappa shape index (κ3) is 3.04. The summed E-state index contributed by atoms with van der Waals surface area (Å²) in [5, 5.41) is 8.76. The van der Waals surface area contributed by atoms with Crippen LogP contribution >= 0.6 is 0 Å². The van der Waals surface area contributed by atoms with Crippen LogP contribution in [0.2, 0.25) is 0 Å². The number of fused-ring (bicyclic) bond motifs is 1. The van der Waals surface area contributed by atoms with Crippen molar-refractivity contribution in [3.8, 4) is 11.3 Å². The minimum absolute atomic E-state index is 0.282. The molecule has 25 heavy (non-hydrogen) atoms. The van der Waals surface area contributed by atoms with Gasteiger partial charge in [0.05, 0.1) is 5.69 Å². The quantitative estimate of drug-likeness (QED) is 0.433. The Kier molecular flexibility index (Phi) is 3.82. The molecule has 122 valence electrons. The normalized spacial score (nSPS) is 11.4. The summed E-state index contributed by atoms with van der Waals surface area (Å²) in [5.41, 5.74) is 4.16. The van der Waals surface area contributed by atoms with E-state index < -0.39 is 0 Å². The van der Waals surface area contributed by atoms with E-state index in [1.807, 2.05) is 60.0 Å². The lowest BCUT2D eigenvalue weighted by Crippen LogP contribution is -1.82. The number of rotatable bonds is 3. The Bertz CT molecular complexity index is 1050. The van der Waals surface area contributed by atoms with E-state index in [0.29, 0.717) is 11.5 Å². The van der Waals surface area contributed by atoms with E-state index in [-0.39, 0.29) is 5.82 Å². The first-order chi connectivity index (χ1) is 12.2. The smallest absolute Gasteiger partial charge is 0.187 e. The molecule has 2 heterocycles. The molecule has 0 spiro atoms. The molecule has 5 heteroatoms. The van der Waals surface area contributed by atoms with Crippen molar-refractivity contribution in [1.82, 2.24) is 9.38 Å². The van der Waals surface area contributed by atoms with Crippen LogP contribution in [0.15, 0.2) is 83.2 Å². The predicted octanol–water partition coefficient (Wildman–Crippen LogP) is 5.86. The summed E-state index contributed by atoms with van der Waals surface area (Å²) in [6, 6.07) is 19.8. The molecule has 0 N–H and O–H groups in total. The van der Waals surface area contributed by atoms with E-state index >= 15 is 0 Å². The predicted molar refractivity (Wildman–Crippen MR) is 95.9 cm³/mol. The number of imidazole rings is 1. The van der Waals surface area contributed by atoms with E-state index in [4.69, 9.17) is 0 Å². The van der Waals surface area contributed by atoms with Gasteiger partial charge in [-0.3, -0.25) is 4.40 Å². The summed E-state index contributed by atoms with van der Waals surface area (Å²) in [5.74, 6) is 0.332. The highest BCUT2D eigenvalue weighted by atomic mass is 19.1. The Labute approximate surface area is 144 Å². The maximum absolute atomic E-state index is 13.2. The lowest BCUT2D eigenvalue weighted by molar-refractivity contribution is 0.628. The van der Waals surface area contributed by atoms with E-state index in [9.17, 15) is 4.39 Å². The second-order valence-electron chi connectivity index (χ2n) is 5.76. The zero-order chi connectivity index (χ0) is 17.2. The average molecular weight is 330 g/mol. The fourth-order valence-electron chi connectivity index (χ4n) is 2.60. The fraction of sp³-hybridized carbons (Fsp3) is 0.0500. The molecule has 0 aliphatic heterocycles. The number of pyridine rings is 1. The van der Waals surface area contributed by atoms with Crippen LogP contribution in [0, 0.1) is 12.7 Å². The molecule has 0 aliphatic rings. The van der Waals surface area contributed by atoms with E-state index in [1.54, 1.807) is 12.1 Å². The molecule has 2 aromatic heterocycles. The van der Waals surface area contributed by atoms with Gasteiger partial charge < -0.3 is 0 Å². The highest BCUT2D eigenvalue weighted by Gasteiger charge is 2.13. The second-order valence-corrected chi connectivity index (χ2v) is 5.76. The summed E-state index contributed by atoms with van der Waals surface area (Å²) in [4.78, 5) is 4.63. The van der Waals surface area contributed by atoms with Gasteiger partial charge in [-0.2, -0.15) is 0 Å². The molecule has 2 aromatic carbocycles. The van der Waals surface area contributed by atoms with Crippen molar-refractivity contribution in [1.29, 1.82) is 0 Å². The van der Waals surface area contributed by atoms with Gasteiger partial charge in [0.15, 0.2) is 5.82 Å². The third-order valence-electron chi connectivity index (χ3n) is 3.92. The van der Waals surface area contributed by atoms with Crippen molar-refractivity contribution in [3.05, 3.63) is 84.3 Å². The zero-order valence-corrected chi connectivity index (χ0v) is 13.6. The molecule has 4 aromatic rings. The number of aryl methyl sites for hydroxylation is 1. The van der Waals surface area contributed by atoms with Crippen LogP contribution < -0.4 is 0 Å². The number of hydrogen-bond acceptors (Lipinski definition) is 3. The van der Waals surface area contributed by atoms with Crippen molar-refractivity contribution in [2.24, 2.45) is 10.2 Å². The Morgan fingerprint density at radius 2 is 1.64 bits per heavy atom. The summed E-state index contributed by atoms with van der Waals surface area (Å²) >= 11 is 0. The molecule has 4 nitrogen and oxygen atoms in total. The molecule has 0 saturated heterocycles. The van der Waals surface area contributed by atoms with Gasteiger partial charge in [0.2, 0.25) is 0 Å². The number of halogens is 1. The Balaban J connectivity index is 1.84. The van der Waals surface area contributed by atoms with Crippen LogP contribution in [0.3, 0.4) is 0 Å². The van der Waals surface area contributed by atoms with Gasteiger partial charge in [-0.25, -0.2) is 9.37 Å². The maximum atomic E-state index is 13.2. The minimum Gasteiger partial charge on any atom is -0.283 e. The lowest BCUT2D eigenvalue weighted by atomic mass is 10.1. The number of benzene rings is 2. The van der Waals surface area contributed by atoms with Crippen molar-refractivity contribution in [3.63, 3.8) is 0 Å². The van der Waals surface area contributed by atoms with Gasteiger partial charge in [0, 0.05) is 11.8 Å². The van der Waals surface area contributed by atoms with Crippen LogP contribution in [-0.2, 0) is 0 Å². The van der Waals surface area contributed by atoms with Gasteiger partial charge >= 0.3 is 0 Å². The molecule has 0 aliphatic carbocycles. The van der Waals surface area contributed by atoms with Crippen molar-refractivity contribution < 1.29 is 4.39 Å². The number of nitrogens with zero attached hydrogens (tertiary/aromatic N) is 4. The fourth-order valence-corrected chi connectivity index (χ4v) is 2.60. The van der Waals surface area contributed by atoms with Gasteiger partial charge in [0.25, 0.3) is 0 Å². The van der Waals surface area contributed by atoms with Gasteiger partial charge in [-0.15, -0.1) is 10.2 Å². The topological polar surface area (TPSA) is 42.0 Å². The standard InChI is InChI=1S/C20H15FN4/c1-14-5-11-17(12-6-14)23-24-20-19(15-7-9-16(21)10-8-15)22-18-4-2-3-13-25(18)20/h2-13H,1H3. The minimum atomic E-state index is -0.282.